The largest absolute Gasteiger partial charge is 0.436 e. The van der Waals surface area contributed by atoms with Crippen molar-refractivity contribution in [2.24, 2.45) is 0 Å². The molecule has 6 nitrogen and oxygen atoms in total. The molecule has 3 aromatic carbocycles. The van der Waals surface area contributed by atoms with Crippen LogP contribution in [0.5, 0.6) is 5.75 Å². The molecule has 29 heavy (non-hydrogen) atoms. The third kappa shape index (κ3) is 3.78. The number of halogens is 2. The van der Waals surface area contributed by atoms with Crippen LogP contribution in [0.15, 0.2) is 70.0 Å². The van der Waals surface area contributed by atoms with Crippen molar-refractivity contribution in [3.8, 4) is 23.3 Å². The number of hydrogen-bond donors (Lipinski definition) is 0. The minimum absolute atomic E-state index is 0.0346. The zero-order valence-electron chi connectivity index (χ0n) is 14.5. The van der Waals surface area contributed by atoms with E-state index in [0.29, 0.717) is 16.1 Å². The van der Waals surface area contributed by atoms with Crippen LogP contribution in [-0.2, 0) is 10.1 Å². The topological polar surface area (TPSA) is 93.2 Å². The first-order valence-corrected chi connectivity index (χ1v) is 10.3. The van der Waals surface area contributed by atoms with Crippen molar-refractivity contribution in [3.05, 3.63) is 76.3 Å². The quantitative estimate of drug-likeness (QED) is 0.389. The zero-order valence-corrected chi connectivity index (χ0v) is 16.8. The first kappa shape index (κ1) is 19.3. The summed E-state index contributed by atoms with van der Waals surface area (Å²) in [4.78, 5) is 4.10. The fourth-order valence-electron chi connectivity index (χ4n) is 2.70. The average Bonchev–Trinajstić information content (AvgIpc) is 3.10. The molecule has 0 N–H and O–H groups in total. The van der Waals surface area contributed by atoms with Crippen LogP contribution in [-0.4, -0.2) is 13.4 Å². The molecule has 144 valence electrons. The van der Waals surface area contributed by atoms with Gasteiger partial charge in [0, 0.05) is 16.1 Å². The van der Waals surface area contributed by atoms with Crippen molar-refractivity contribution in [3.63, 3.8) is 0 Å². The van der Waals surface area contributed by atoms with Crippen molar-refractivity contribution >= 4 is 44.4 Å². The minimum Gasteiger partial charge on any atom is -0.436 e. The van der Waals surface area contributed by atoms with Gasteiger partial charge in [0.25, 0.3) is 0 Å². The normalized spacial score (nSPS) is 11.3. The highest BCUT2D eigenvalue weighted by atomic mass is 35.5. The lowest BCUT2D eigenvalue weighted by molar-refractivity contribution is 0.485. The smallest absolute Gasteiger partial charge is 0.340 e. The Kier molecular flexibility index (Phi) is 4.92. The second-order valence-electron chi connectivity index (χ2n) is 5.92. The lowest BCUT2D eigenvalue weighted by Gasteiger charge is -2.11. The molecule has 1 aromatic heterocycles. The van der Waals surface area contributed by atoms with Crippen LogP contribution < -0.4 is 4.18 Å². The predicted octanol–water partition coefficient (Wildman–Crippen LogP) is 5.44. The fraction of sp³-hybridized carbons (Fsp3) is 0. The number of fused-ring (bicyclic) bond motifs is 1. The van der Waals surface area contributed by atoms with Gasteiger partial charge in [-0.05, 0) is 42.5 Å². The fourth-order valence-corrected chi connectivity index (χ4v) is 4.12. The maximum Gasteiger partial charge on any atom is 0.340 e. The molecule has 0 aliphatic heterocycles. The monoisotopic (exact) mass is 444 g/mol. The van der Waals surface area contributed by atoms with Crippen molar-refractivity contribution in [1.29, 1.82) is 5.26 Å². The Morgan fingerprint density at radius 2 is 1.72 bits per heavy atom. The lowest BCUT2D eigenvalue weighted by Crippen LogP contribution is -2.12. The average molecular weight is 445 g/mol. The van der Waals surface area contributed by atoms with E-state index in [1.165, 1.54) is 30.3 Å². The van der Waals surface area contributed by atoms with Crippen molar-refractivity contribution in [2.75, 3.05) is 0 Å². The maximum absolute atomic E-state index is 12.8. The molecule has 0 fully saturated rings. The predicted molar refractivity (Wildman–Crippen MR) is 108 cm³/mol. The van der Waals surface area contributed by atoms with Crippen LogP contribution in [0.1, 0.15) is 5.56 Å². The molecule has 0 aliphatic carbocycles. The van der Waals surface area contributed by atoms with Crippen LogP contribution >= 0.6 is 23.2 Å². The Morgan fingerprint density at radius 1 is 1.00 bits per heavy atom. The highest BCUT2D eigenvalue weighted by Gasteiger charge is 2.24. The molecule has 1 heterocycles. The molecule has 0 bridgehead atoms. The van der Waals surface area contributed by atoms with Gasteiger partial charge in [-0.25, -0.2) is 4.98 Å². The summed E-state index contributed by atoms with van der Waals surface area (Å²) >= 11 is 12.0. The molecule has 4 aromatic rings. The van der Waals surface area contributed by atoms with E-state index in [1.54, 1.807) is 30.3 Å². The number of aromatic nitrogens is 1. The van der Waals surface area contributed by atoms with Gasteiger partial charge in [0.15, 0.2) is 11.3 Å². The van der Waals surface area contributed by atoms with E-state index in [1.807, 2.05) is 6.07 Å². The van der Waals surface area contributed by atoms with Crippen molar-refractivity contribution < 1.29 is 17.0 Å². The summed E-state index contributed by atoms with van der Waals surface area (Å²) in [6.45, 7) is 0. The molecule has 9 heteroatoms. The first-order valence-electron chi connectivity index (χ1n) is 8.17. The molecule has 4 rings (SSSR count). The maximum atomic E-state index is 12.8. The van der Waals surface area contributed by atoms with Crippen LogP contribution in [0.3, 0.4) is 0 Å². The number of rotatable bonds is 4. The van der Waals surface area contributed by atoms with Gasteiger partial charge in [0.1, 0.15) is 16.5 Å². The summed E-state index contributed by atoms with van der Waals surface area (Å²) in [7, 11) is -4.31. The number of oxazole rings is 1. The van der Waals surface area contributed by atoms with Crippen molar-refractivity contribution in [1.82, 2.24) is 4.98 Å². The Bertz CT molecular complexity index is 1390. The van der Waals surface area contributed by atoms with E-state index in [9.17, 15) is 13.7 Å². The summed E-state index contributed by atoms with van der Waals surface area (Å²) in [6, 6.07) is 17.0. The number of benzene rings is 3. The minimum atomic E-state index is -4.31. The van der Waals surface area contributed by atoms with E-state index < -0.39 is 10.1 Å². The Hall–Kier alpha value is -3.05. The first-order chi connectivity index (χ1) is 13.9. The van der Waals surface area contributed by atoms with Crippen LogP contribution in [0.25, 0.3) is 22.6 Å². The summed E-state index contributed by atoms with van der Waals surface area (Å²) in [5, 5.41) is 9.94. The summed E-state index contributed by atoms with van der Waals surface area (Å²) < 4.78 is 36.7. The van der Waals surface area contributed by atoms with Crippen LogP contribution in [0.4, 0.5) is 0 Å². The van der Waals surface area contributed by atoms with Crippen LogP contribution in [0, 0.1) is 11.3 Å². The second-order valence-corrected chi connectivity index (χ2v) is 8.30. The number of nitrogens with zero attached hydrogens (tertiary/aromatic N) is 2. The SMILES string of the molecule is N#Cc1ccccc1S(=O)(=O)Oc1cc(Cl)ccc1-c1nc2cc(Cl)ccc2o1. The summed E-state index contributed by atoms with van der Waals surface area (Å²) in [5.41, 5.74) is 1.22. The molecule has 0 radical (unpaired) electrons. The lowest BCUT2D eigenvalue weighted by atomic mass is 10.2. The summed E-state index contributed by atoms with van der Waals surface area (Å²) in [6.07, 6.45) is 0. The Labute approximate surface area is 176 Å². The number of nitriles is 1. The van der Waals surface area contributed by atoms with Gasteiger partial charge < -0.3 is 8.60 Å². The van der Waals surface area contributed by atoms with E-state index in [0.717, 1.165) is 0 Å². The second kappa shape index (κ2) is 7.41. The highest BCUT2D eigenvalue weighted by molar-refractivity contribution is 7.87. The summed E-state index contributed by atoms with van der Waals surface area (Å²) in [5.74, 6) is 0.0561. The highest BCUT2D eigenvalue weighted by Crippen LogP contribution is 2.36. The Morgan fingerprint density at radius 3 is 2.52 bits per heavy atom. The molecular formula is C20H10Cl2N2O4S. The number of hydrogen-bond acceptors (Lipinski definition) is 6. The third-order valence-corrected chi connectivity index (χ3v) is 5.76. The van der Waals surface area contributed by atoms with E-state index >= 15 is 0 Å². The van der Waals surface area contributed by atoms with Gasteiger partial charge in [-0.1, -0.05) is 35.3 Å². The molecule has 0 aliphatic rings. The van der Waals surface area contributed by atoms with Gasteiger partial charge >= 0.3 is 10.1 Å². The van der Waals surface area contributed by atoms with Gasteiger partial charge in [-0.2, -0.15) is 13.7 Å². The molecule has 0 saturated carbocycles. The molecule has 0 amide bonds. The Balaban J connectivity index is 1.82. The van der Waals surface area contributed by atoms with E-state index in [-0.39, 0.29) is 32.7 Å². The zero-order chi connectivity index (χ0) is 20.6. The van der Waals surface area contributed by atoms with Gasteiger partial charge in [0.05, 0.1) is 11.1 Å². The molecule has 0 saturated heterocycles. The van der Waals surface area contributed by atoms with Gasteiger partial charge in [-0.15, -0.1) is 0 Å². The standard InChI is InChI=1S/C20H10Cl2N2O4S/c21-13-6-8-17-16(9-13)24-20(27-17)15-7-5-14(22)10-18(15)28-29(25,26)19-4-2-1-3-12(19)11-23/h1-10H. The molecule has 0 atom stereocenters. The third-order valence-electron chi connectivity index (χ3n) is 4.00. The van der Waals surface area contributed by atoms with Gasteiger partial charge in [-0.3, -0.25) is 0 Å². The van der Waals surface area contributed by atoms with E-state index in [2.05, 4.69) is 4.98 Å². The van der Waals surface area contributed by atoms with Crippen LogP contribution in [0.2, 0.25) is 10.0 Å². The molecule has 0 unspecified atom stereocenters. The van der Waals surface area contributed by atoms with E-state index in [4.69, 9.17) is 31.8 Å². The van der Waals surface area contributed by atoms with Crippen molar-refractivity contribution in [2.45, 2.75) is 4.90 Å². The molecule has 0 spiro atoms. The van der Waals surface area contributed by atoms with Gasteiger partial charge in [0.2, 0.25) is 5.89 Å². The molecular weight excluding hydrogens is 435 g/mol.